The van der Waals surface area contributed by atoms with Crippen molar-refractivity contribution in [3.05, 3.63) is 0 Å². The number of nitrogens with one attached hydrogen (secondary N) is 1. The minimum absolute atomic E-state index is 0.659. The van der Waals surface area contributed by atoms with Crippen molar-refractivity contribution in [2.24, 2.45) is 11.7 Å². The summed E-state index contributed by atoms with van der Waals surface area (Å²) in [5.41, 5.74) is 5.46. The van der Waals surface area contributed by atoms with E-state index in [1.54, 1.807) is 0 Å². The van der Waals surface area contributed by atoms with E-state index in [4.69, 9.17) is 5.73 Å². The molecule has 1 unspecified atom stereocenters. The fourth-order valence-corrected chi connectivity index (χ4v) is 1.90. The second-order valence-corrected chi connectivity index (χ2v) is 5.60. The van der Waals surface area contributed by atoms with Crippen LogP contribution in [0, 0.1) is 5.92 Å². The van der Waals surface area contributed by atoms with Crippen molar-refractivity contribution in [3.8, 4) is 0 Å². The number of hydrogen-bond donors (Lipinski definition) is 2. The van der Waals surface area contributed by atoms with Crippen LogP contribution in [0.4, 0.5) is 0 Å². The van der Waals surface area contributed by atoms with E-state index >= 15 is 0 Å². The second kappa shape index (κ2) is 12.4. The van der Waals surface area contributed by atoms with Crippen LogP contribution in [-0.2, 0) is 0 Å². The van der Waals surface area contributed by atoms with E-state index in [1.807, 2.05) is 0 Å². The molecule has 104 valence electrons. The number of rotatable bonds is 12. The van der Waals surface area contributed by atoms with Crippen LogP contribution < -0.4 is 11.1 Å². The van der Waals surface area contributed by atoms with Gasteiger partial charge in [0, 0.05) is 6.04 Å². The van der Waals surface area contributed by atoms with Gasteiger partial charge in [0.1, 0.15) is 0 Å². The molecule has 0 aromatic carbocycles. The summed E-state index contributed by atoms with van der Waals surface area (Å²) in [7, 11) is 0. The van der Waals surface area contributed by atoms with E-state index in [-0.39, 0.29) is 0 Å². The monoisotopic (exact) mass is 242 g/mol. The lowest BCUT2D eigenvalue weighted by Gasteiger charge is -2.17. The molecule has 0 spiro atoms. The predicted molar refractivity (Wildman–Crippen MR) is 78.3 cm³/mol. The lowest BCUT2D eigenvalue weighted by molar-refractivity contribution is 0.419. The van der Waals surface area contributed by atoms with Crippen molar-refractivity contribution in [2.75, 3.05) is 13.1 Å². The van der Waals surface area contributed by atoms with Gasteiger partial charge in [0.25, 0.3) is 0 Å². The molecule has 0 saturated heterocycles. The summed E-state index contributed by atoms with van der Waals surface area (Å²) in [5.74, 6) is 0.748. The average molecular weight is 242 g/mol. The molecule has 2 nitrogen and oxygen atoms in total. The summed E-state index contributed by atoms with van der Waals surface area (Å²) < 4.78 is 0. The Bertz CT molecular complexity index is 146. The first kappa shape index (κ1) is 16.9. The Balaban J connectivity index is 3.03. The number of hydrogen-bond acceptors (Lipinski definition) is 2. The Hall–Kier alpha value is -0.0800. The highest BCUT2D eigenvalue weighted by atomic mass is 14.9. The molecule has 0 amide bonds. The molecule has 0 heterocycles. The smallest absolute Gasteiger partial charge is 0.00617 e. The third-order valence-corrected chi connectivity index (χ3v) is 3.60. The van der Waals surface area contributed by atoms with Crippen LogP contribution in [0.2, 0.25) is 0 Å². The number of unbranched alkanes of at least 4 members (excludes halogenated alkanes) is 7. The largest absolute Gasteiger partial charge is 0.330 e. The van der Waals surface area contributed by atoms with Crippen molar-refractivity contribution in [2.45, 2.75) is 78.2 Å². The van der Waals surface area contributed by atoms with Gasteiger partial charge in [-0.2, -0.15) is 0 Å². The zero-order valence-electron chi connectivity index (χ0n) is 12.3. The van der Waals surface area contributed by atoms with E-state index in [0.717, 1.165) is 12.5 Å². The van der Waals surface area contributed by atoms with E-state index < -0.39 is 0 Å². The van der Waals surface area contributed by atoms with Crippen LogP contribution in [-0.4, -0.2) is 19.1 Å². The Morgan fingerprint density at radius 1 is 0.765 bits per heavy atom. The molecular weight excluding hydrogens is 208 g/mol. The standard InChI is InChI=1S/C15H34N2/c1-14(2)15(3)17-13-11-9-7-5-4-6-8-10-12-16/h14-15,17H,4-13,16H2,1-3H3. The molecule has 3 N–H and O–H groups in total. The van der Waals surface area contributed by atoms with E-state index in [2.05, 4.69) is 26.1 Å². The SMILES string of the molecule is CC(C)C(C)NCCCCCCCCCCN. The molecule has 0 bridgehead atoms. The van der Waals surface area contributed by atoms with Gasteiger partial charge in [-0.1, -0.05) is 52.4 Å². The van der Waals surface area contributed by atoms with E-state index in [1.165, 1.54) is 57.9 Å². The van der Waals surface area contributed by atoms with Crippen LogP contribution in [0.15, 0.2) is 0 Å². The Labute approximate surface area is 109 Å². The van der Waals surface area contributed by atoms with Crippen molar-refractivity contribution >= 4 is 0 Å². The molecule has 0 radical (unpaired) electrons. The lowest BCUT2D eigenvalue weighted by Crippen LogP contribution is -2.31. The lowest BCUT2D eigenvalue weighted by atomic mass is 10.1. The summed E-state index contributed by atoms with van der Waals surface area (Å²) >= 11 is 0. The summed E-state index contributed by atoms with van der Waals surface area (Å²) in [6.45, 7) is 8.88. The minimum atomic E-state index is 0.659. The topological polar surface area (TPSA) is 38.0 Å². The normalized spacial score (nSPS) is 13.2. The molecule has 0 rings (SSSR count). The Morgan fingerprint density at radius 3 is 1.71 bits per heavy atom. The van der Waals surface area contributed by atoms with Gasteiger partial charge >= 0.3 is 0 Å². The van der Waals surface area contributed by atoms with Crippen molar-refractivity contribution in [1.29, 1.82) is 0 Å². The van der Waals surface area contributed by atoms with Gasteiger partial charge in [-0.15, -0.1) is 0 Å². The zero-order valence-corrected chi connectivity index (χ0v) is 12.3. The van der Waals surface area contributed by atoms with Gasteiger partial charge in [0.2, 0.25) is 0 Å². The number of nitrogens with two attached hydrogens (primary N) is 1. The molecule has 0 aliphatic heterocycles. The van der Waals surface area contributed by atoms with Crippen LogP contribution in [0.25, 0.3) is 0 Å². The Morgan fingerprint density at radius 2 is 1.24 bits per heavy atom. The molecule has 1 atom stereocenters. The van der Waals surface area contributed by atoms with Crippen molar-refractivity contribution in [3.63, 3.8) is 0 Å². The van der Waals surface area contributed by atoms with Gasteiger partial charge in [0.05, 0.1) is 0 Å². The van der Waals surface area contributed by atoms with E-state index in [0.29, 0.717) is 6.04 Å². The predicted octanol–water partition coefficient (Wildman–Crippen LogP) is 3.70. The molecular formula is C15H34N2. The molecule has 0 saturated carbocycles. The first-order valence-corrected chi connectivity index (χ1v) is 7.62. The fourth-order valence-electron chi connectivity index (χ4n) is 1.90. The highest BCUT2D eigenvalue weighted by Crippen LogP contribution is 2.08. The van der Waals surface area contributed by atoms with Gasteiger partial charge in [-0.05, 0) is 38.8 Å². The fraction of sp³-hybridized carbons (Fsp3) is 1.00. The molecule has 0 fully saturated rings. The van der Waals surface area contributed by atoms with Crippen LogP contribution in [0.5, 0.6) is 0 Å². The van der Waals surface area contributed by atoms with E-state index in [9.17, 15) is 0 Å². The first-order chi connectivity index (χ1) is 8.18. The summed E-state index contributed by atoms with van der Waals surface area (Å²) in [6.07, 6.45) is 10.8. The maximum Gasteiger partial charge on any atom is 0.00617 e. The van der Waals surface area contributed by atoms with Crippen molar-refractivity contribution < 1.29 is 0 Å². The minimum Gasteiger partial charge on any atom is -0.330 e. The Kier molecular flexibility index (Phi) is 12.3. The van der Waals surface area contributed by atoms with Gasteiger partial charge in [-0.25, -0.2) is 0 Å². The first-order valence-electron chi connectivity index (χ1n) is 7.62. The summed E-state index contributed by atoms with van der Waals surface area (Å²) in [5, 5.41) is 3.59. The molecule has 0 aromatic rings. The molecule has 17 heavy (non-hydrogen) atoms. The average Bonchev–Trinajstić information content (AvgIpc) is 2.31. The summed E-state index contributed by atoms with van der Waals surface area (Å²) in [6, 6.07) is 0.659. The molecule has 0 aliphatic carbocycles. The summed E-state index contributed by atoms with van der Waals surface area (Å²) in [4.78, 5) is 0. The van der Waals surface area contributed by atoms with Crippen LogP contribution >= 0.6 is 0 Å². The third-order valence-electron chi connectivity index (χ3n) is 3.60. The molecule has 0 aliphatic rings. The molecule has 2 heteroatoms. The third kappa shape index (κ3) is 12.2. The zero-order chi connectivity index (χ0) is 12.9. The second-order valence-electron chi connectivity index (χ2n) is 5.60. The quantitative estimate of drug-likeness (QED) is 0.512. The van der Waals surface area contributed by atoms with Crippen LogP contribution in [0.3, 0.4) is 0 Å². The van der Waals surface area contributed by atoms with Crippen molar-refractivity contribution in [1.82, 2.24) is 5.32 Å². The highest BCUT2D eigenvalue weighted by Gasteiger charge is 2.04. The maximum atomic E-state index is 5.46. The highest BCUT2D eigenvalue weighted by molar-refractivity contribution is 4.63. The van der Waals surface area contributed by atoms with Gasteiger partial charge < -0.3 is 11.1 Å². The van der Waals surface area contributed by atoms with Gasteiger partial charge in [-0.3, -0.25) is 0 Å². The van der Waals surface area contributed by atoms with Crippen LogP contribution in [0.1, 0.15) is 72.1 Å². The van der Waals surface area contributed by atoms with Gasteiger partial charge in [0.15, 0.2) is 0 Å². The molecule has 0 aromatic heterocycles. The maximum absolute atomic E-state index is 5.46.